The number of nitrogens with one attached hydrogen (secondary N) is 2. The normalized spacial score (nSPS) is 20.1. The molecule has 34 heavy (non-hydrogen) atoms. The number of alkyl halides is 3. The monoisotopic (exact) mass is 470 g/mol. The van der Waals surface area contributed by atoms with E-state index in [0.717, 1.165) is 34.3 Å². The largest absolute Gasteiger partial charge is 0.409 e. The highest BCUT2D eigenvalue weighted by Gasteiger charge is 2.49. The average Bonchev–Trinajstić information content (AvgIpc) is 3.16. The lowest BCUT2D eigenvalue weighted by Gasteiger charge is -2.35. The van der Waals surface area contributed by atoms with E-state index in [9.17, 15) is 22.8 Å². The Morgan fingerprint density at radius 3 is 2.47 bits per heavy atom. The van der Waals surface area contributed by atoms with Crippen molar-refractivity contribution in [2.24, 2.45) is 0 Å². The Labute approximate surface area is 194 Å². The van der Waals surface area contributed by atoms with Crippen LogP contribution < -0.4 is 10.2 Å². The number of para-hydroxylation sites is 3. The first-order valence-electron chi connectivity index (χ1n) is 11.4. The van der Waals surface area contributed by atoms with Gasteiger partial charge in [-0.05, 0) is 55.6 Å². The maximum absolute atomic E-state index is 13.9. The van der Waals surface area contributed by atoms with Gasteiger partial charge >= 0.3 is 6.18 Å². The van der Waals surface area contributed by atoms with Crippen LogP contribution in [0.2, 0.25) is 0 Å². The summed E-state index contributed by atoms with van der Waals surface area (Å²) in [5, 5.41) is 3.65. The first kappa shape index (κ1) is 22.5. The summed E-state index contributed by atoms with van der Waals surface area (Å²) in [6.07, 6.45) is -3.95. The summed E-state index contributed by atoms with van der Waals surface area (Å²) in [6.45, 7) is 1.08. The number of hydrogen-bond acceptors (Lipinski definition) is 3. The number of aromatic amines is 1. The van der Waals surface area contributed by atoms with Crippen LogP contribution in [0, 0.1) is 0 Å². The molecular weight excluding hydrogens is 445 g/mol. The number of halogens is 3. The van der Waals surface area contributed by atoms with Crippen LogP contribution in [0.1, 0.15) is 30.9 Å². The van der Waals surface area contributed by atoms with E-state index in [-0.39, 0.29) is 17.9 Å². The second-order valence-corrected chi connectivity index (χ2v) is 8.95. The number of fused-ring (bicyclic) bond motifs is 2. The lowest BCUT2D eigenvalue weighted by molar-refractivity contribution is -0.158. The van der Waals surface area contributed by atoms with E-state index in [1.165, 1.54) is 12.1 Å². The number of nitrogens with zero attached hydrogens (tertiary/aromatic N) is 2. The molecule has 0 aliphatic carbocycles. The summed E-state index contributed by atoms with van der Waals surface area (Å²) in [4.78, 5) is 31.5. The molecule has 0 spiro atoms. The molecule has 178 valence electrons. The Bertz CT molecular complexity index is 1180. The van der Waals surface area contributed by atoms with Gasteiger partial charge in [0.25, 0.3) is 0 Å². The lowest BCUT2D eigenvalue weighted by Crippen LogP contribution is -2.53. The average molecular weight is 470 g/mol. The fourth-order valence-corrected chi connectivity index (χ4v) is 4.98. The summed E-state index contributed by atoms with van der Waals surface area (Å²) >= 11 is 0. The van der Waals surface area contributed by atoms with Gasteiger partial charge in [0.05, 0.1) is 24.3 Å². The van der Waals surface area contributed by atoms with Crippen molar-refractivity contribution >= 4 is 34.1 Å². The molecule has 3 aromatic rings. The van der Waals surface area contributed by atoms with E-state index in [1.54, 1.807) is 12.1 Å². The zero-order valence-corrected chi connectivity index (χ0v) is 18.4. The molecular formula is C25H25F3N4O2. The Kier molecular flexibility index (Phi) is 5.81. The molecule has 1 aromatic heterocycles. The molecule has 2 amide bonds. The minimum atomic E-state index is -4.73. The van der Waals surface area contributed by atoms with Crippen molar-refractivity contribution in [3.63, 3.8) is 0 Å². The quantitative estimate of drug-likeness (QED) is 0.586. The maximum atomic E-state index is 13.9. The van der Waals surface area contributed by atoms with E-state index >= 15 is 0 Å². The molecule has 2 N–H and O–H groups in total. The molecule has 2 aliphatic rings. The summed E-state index contributed by atoms with van der Waals surface area (Å²) in [6, 6.07) is 14.1. The zero-order valence-electron chi connectivity index (χ0n) is 18.4. The summed E-state index contributed by atoms with van der Waals surface area (Å²) in [5.74, 6) is -1.11. The Morgan fingerprint density at radius 2 is 1.74 bits per heavy atom. The number of H-pyrrole nitrogens is 1. The molecule has 0 saturated carbocycles. The van der Waals surface area contributed by atoms with E-state index in [2.05, 4.69) is 22.4 Å². The second-order valence-electron chi connectivity index (χ2n) is 8.95. The fourth-order valence-electron chi connectivity index (χ4n) is 4.98. The molecule has 9 heteroatoms. The van der Waals surface area contributed by atoms with Gasteiger partial charge in [-0.2, -0.15) is 13.2 Å². The van der Waals surface area contributed by atoms with E-state index in [0.29, 0.717) is 19.0 Å². The van der Waals surface area contributed by atoms with Crippen LogP contribution in [0.3, 0.4) is 0 Å². The molecule has 3 heterocycles. The standard InChI is InChI=1S/C25H25F3N4O2/c26-25(27,28)22-14-23(33)30-19-7-3-4-8-21(19)32(22)24(34)15-31-11-9-16(10-12-31)20-13-17-5-1-2-6-18(17)29-20/h1-8,13,16,22,29H,9-12,14-15H2,(H,30,33). The summed E-state index contributed by atoms with van der Waals surface area (Å²) < 4.78 is 41.7. The number of carbonyl (C=O) groups is 2. The predicted octanol–water partition coefficient (Wildman–Crippen LogP) is 4.65. The number of benzene rings is 2. The second kappa shape index (κ2) is 8.79. The number of anilines is 2. The Morgan fingerprint density at radius 1 is 1.03 bits per heavy atom. The van der Waals surface area contributed by atoms with Gasteiger partial charge in [0.2, 0.25) is 11.8 Å². The molecule has 1 saturated heterocycles. The highest BCUT2D eigenvalue weighted by molar-refractivity contribution is 6.05. The van der Waals surface area contributed by atoms with E-state index < -0.39 is 30.5 Å². The molecule has 1 fully saturated rings. The number of amides is 2. The van der Waals surface area contributed by atoms with Crippen LogP contribution in [0.25, 0.3) is 10.9 Å². The predicted molar refractivity (Wildman–Crippen MR) is 124 cm³/mol. The van der Waals surface area contributed by atoms with Crippen molar-refractivity contribution in [3.05, 3.63) is 60.3 Å². The number of piperidine rings is 1. The first-order chi connectivity index (χ1) is 16.3. The number of carbonyl (C=O) groups excluding carboxylic acids is 2. The van der Waals surface area contributed by atoms with Crippen molar-refractivity contribution in [3.8, 4) is 0 Å². The first-order valence-corrected chi connectivity index (χ1v) is 11.4. The van der Waals surface area contributed by atoms with Gasteiger partial charge in [-0.1, -0.05) is 30.3 Å². The maximum Gasteiger partial charge on any atom is 0.409 e. The van der Waals surface area contributed by atoms with Crippen LogP contribution in [-0.4, -0.2) is 53.6 Å². The lowest BCUT2D eigenvalue weighted by atomic mass is 9.93. The molecule has 5 rings (SSSR count). The number of aromatic nitrogens is 1. The SMILES string of the molecule is O=C1CC(C(F)(F)F)N(C(=O)CN2CCC(c3cc4ccccc4[nH]3)CC2)c2ccccc2N1. The fraction of sp³-hybridized carbons (Fsp3) is 0.360. The van der Waals surface area contributed by atoms with Gasteiger partial charge < -0.3 is 10.3 Å². The van der Waals surface area contributed by atoms with Crippen molar-refractivity contribution in [1.82, 2.24) is 9.88 Å². The van der Waals surface area contributed by atoms with Crippen molar-refractivity contribution < 1.29 is 22.8 Å². The van der Waals surface area contributed by atoms with Crippen LogP contribution in [0.4, 0.5) is 24.5 Å². The third-order valence-corrected chi connectivity index (χ3v) is 6.71. The Balaban J connectivity index is 1.31. The number of rotatable bonds is 3. The van der Waals surface area contributed by atoms with Crippen molar-refractivity contribution in [1.29, 1.82) is 0 Å². The molecule has 0 radical (unpaired) electrons. The highest BCUT2D eigenvalue weighted by atomic mass is 19.4. The van der Waals surface area contributed by atoms with E-state index in [1.807, 2.05) is 23.1 Å². The molecule has 0 bridgehead atoms. The van der Waals surface area contributed by atoms with Gasteiger partial charge in [-0.3, -0.25) is 19.4 Å². The van der Waals surface area contributed by atoms with Crippen molar-refractivity contribution in [2.75, 3.05) is 29.9 Å². The molecule has 6 nitrogen and oxygen atoms in total. The zero-order chi connectivity index (χ0) is 23.9. The third kappa shape index (κ3) is 4.40. The van der Waals surface area contributed by atoms with Crippen LogP contribution in [-0.2, 0) is 9.59 Å². The van der Waals surface area contributed by atoms with E-state index in [4.69, 9.17) is 0 Å². The molecule has 2 aromatic carbocycles. The van der Waals surface area contributed by atoms with Crippen LogP contribution in [0.15, 0.2) is 54.6 Å². The number of hydrogen-bond donors (Lipinski definition) is 2. The number of likely N-dealkylation sites (tertiary alicyclic amines) is 1. The van der Waals surface area contributed by atoms with Gasteiger partial charge in [0.15, 0.2) is 0 Å². The minimum Gasteiger partial charge on any atom is -0.358 e. The smallest absolute Gasteiger partial charge is 0.358 e. The molecule has 1 unspecified atom stereocenters. The van der Waals surface area contributed by atoms with Gasteiger partial charge in [-0.25, -0.2) is 0 Å². The summed E-state index contributed by atoms with van der Waals surface area (Å²) in [5.41, 5.74) is 2.52. The van der Waals surface area contributed by atoms with Gasteiger partial charge in [0, 0.05) is 17.1 Å². The molecule has 1 atom stereocenters. The molecule has 2 aliphatic heterocycles. The third-order valence-electron chi connectivity index (χ3n) is 6.71. The van der Waals surface area contributed by atoms with Crippen LogP contribution >= 0.6 is 0 Å². The minimum absolute atomic E-state index is 0.0774. The Hall–Kier alpha value is -3.33. The summed E-state index contributed by atoms with van der Waals surface area (Å²) in [7, 11) is 0. The van der Waals surface area contributed by atoms with Crippen LogP contribution in [0.5, 0.6) is 0 Å². The van der Waals surface area contributed by atoms with Gasteiger partial charge in [-0.15, -0.1) is 0 Å². The topological polar surface area (TPSA) is 68.4 Å². The van der Waals surface area contributed by atoms with Crippen molar-refractivity contribution in [2.45, 2.75) is 37.4 Å². The van der Waals surface area contributed by atoms with Gasteiger partial charge in [0.1, 0.15) is 6.04 Å². The highest BCUT2D eigenvalue weighted by Crippen LogP contribution is 2.38.